The van der Waals surface area contributed by atoms with E-state index in [1.807, 2.05) is 55.5 Å². The Balaban J connectivity index is 1.68. The molecule has 3 rings (SSSR count). The summed E-state index contributed by atoms with van der Waals surface area (Å²) in [5.74, 6) is 0.397. The fourth-order valence-electron chi connectivity index (χ4n) is 3.36. The van der Waals surface area contributed by atoms with Crippen LogP contribution >= 0.6 is 0 Å². The number of rotatable bonds is 6. The molecule has 1 aliphatic rings. The highest BCUT2D eigenvalue weighted by atomic mass is 16.2. The number of nitrogens with zero attached hydrogens (tertiary/aromatic N) is 1. The molecule has 1 saturated heterocycles. The molecular weight excluding hydrogens is 338 g/mol. The van der Waals surface area contributed by atoms with E-state index in [4.69, 9.17) is 0 Å². The maximum Gasteiger partial charge on any atom is 0.246 e. The first-order valence-electron chi connectivity index (χ1n) is 9.52. The molecule has 1 atom stereocenters. The zero-order valence-electron chi connectivity index (χ0n) is 16.2. The van der Waals surface area contributed by atoms with Crippen LogP contribution in [0.15, 0.2) is 48.5 Å². The molecule has 1 heterocycles. The number of carbonyl (C=O) groups excluding carboxylic acids is 2. The molecule has 2 amide bonds. The Hall–Kier alpha value is -2.82. The topological polar surface area (TPSA) is 61.4 Å². The fourth-order valence-corrected chi connectivity index (χ4v) is 3.36. The number of carbonyl (C=O) groups is 2. The molecule has 1 aliphatic heterocycles. The summed E-state index contributed by atoms with van der Waals surface area (Å²) in [7, 11) is 0. The second-order valence-corrected chi connectivity index (χ2v) is 7.30. The molecular formula is C22H27N3O2. The van der Waals surface area contributed by atoms with Crippen LogP contribution in [0.3, 0.4) is 0 Å². The summed E-state index contributed by atoms with van der Waals surface area (Å²) in [4.78, 5) is 26.4. The van der Waals surface area contributed by atoms with E-state index in [-0.39, 0.29) is 11.8 Å². The van der Waals surface area contributed by atoms with Crippen molar-refractivity contribution in [2.75, 3.05) is 22.1 Å². The van der Waals surface area contributed by atoms with Gasteiger partial charge in [-0.15, -0.1) is 0 Å². The standard InChI is InChI=1S/C22H27N3O2/c1-15(2)19-10-4-5-11-20(19)24-22(27)16(3)23-17-8-6-9-18(14-17)25-13-7-12-21(25)26/h4-6,8-11,14-16,23H,7,12-13H2,1-3H3,(H,24,27). The summed E-state index contributed by atoms with van der Waals surface area (Å²) >= 11 is 0. The molecule has 0 spiro atoms. The lowest BCUT2D eigenvalue weighted by molar-refractivity contribution is -0.117. The first kappa shape index (κ1) is 19.0. The Morgan fingerprint density at radius 3 is 2.56 bits per heavy atom. The third-order valence-electron chi connectivity index (χ3n) is 4.85. The highest BCUT2D eigenvalue weighted by Crippen LogP contribution is 2.26. The predicted molar refractivity (Wildman–Crippen MR) is 110 cm³/mol. The molecule has 142 valence electrons. The monoisotopic (exact) mass is 365 g/mol. The predicted octanol–water partition coefficient (Wildman–Crippen LogP) is 4.38. The molecule has 0 aromatic heterocycles. The average molecular weight is 365 g/mol. The number of nitrogens with one attached hydrogen (secondary N) is 2. The lowest BCUT2D eigenvalue weighted by Gasteiger charge is -2.20. The highest BCUT2D eigenvalue weighted by Gasteiger charge is 2.22. The molecule has 1 fully saturated rings. The third kappa shape index (κ3) is 4.48. The van der Waals surface area contributed by atoms with Crippen molar-refractivity contribution in [3.8, 4) is 0 Å². The number of hydrogen-bond donors (Lipinski definition) is 2. The lowest BCUT2D eigenvalue weighted by Crippen LogP contribution is -2.32. The summed E-state index contributed by atoms with van der Waals surface area (Å²) in [6, 6.07) is 15.1. The summed E-state index contributed by atoms with van der Waals surface area (Å²) in [5, 5.41) is 6.26. The number of hydrogen-bond acceptors (Lipinski definition) is 3. The zero-order chi connectivity index (χ0) is 19.4. The van der Waals surface area contributed by atoms with Crippen molar-refractivity contribution in [3.05, 3.63) is 54.1 Å². The molecule has 1 unspecified atom stereocenters. The summed E-state index contributed by atoms with van der Waals surface area (Å²) in [6.07, 6.45) is 1.50. The van der Waals surface area contributed by atoms with Crippen LogP contribution in [-0.4, -0.2) is 24.4 Å². The quantitative estimate of drug-likeness (QED) is 0.799. The van der Waals surface area contributed by atoms with Crippen molar-refractivity contribution in [2.45, 2.75) is 45.6 Å². The minimum atomic E-state index is -0.408. The van der Waals surface area contributed by atoms with Crippen molar-refractivity contribution in [1.82, 2.24) is 0 Å². The first-order chi connectivity index (χ1) is 13.0. The highest BCUT2D eigenvalue weighted by molar-refractivity contribution is 5.98. The number of benzene rings is 2. The molecule has 0 bridgehead atoms. The normalized spacial score (nSPS) is 15.1. The summed E-state index contributed by atoms with van der Waals surface area (Å²) in [5.41, 5.74) is 3.67. The van der Waals surface area contributed by atoms with Crippen LogP contribution in [-0.2, 0) is 9.59 Å². The van der Waals surface area contributed by atoms with Crippen LogP contribution in [0.1, 0.15) is 45.1 Å². The molecule has 27 heavy (non-hydrogen) atoms. The van der Waals surface area contributed by atoms with Gasteiger partial charge in [0.05, 0.1) is 0 Å². The smallest absolute Gasteiger partial charge is 0.246 e. The van der Waals surface area contributed by atoms with Crippen molar-refractivity contribution in [2.24, 2.45) is 0 Å². The van der Waals surface area contributed by atoms with Crippen molar-refractivity contribution in [1.29, 1.82) is 0 Å². The minimum Gasteiger partial charge on any atom is -0.374 e. The van der Waals surface area contributed by atoms with Gasteiger partial charge in [-0.2, -0.15) is 0 Å². The minimum absolute atomic E-state index is 0.0919. The average Bonchev–Trinajstić information content (AvgIpc) is 3.08. The van der Waals surface area contributed by atoms with Crippen LogP contribution < -0.4 is 15.5 Å². The van der Waals surface area contributed by atoms with Gasteiger partial charge >= 0.3 is 0 Å². The molecule has 2 aromatic carbocycles. The van der Waals surface area contributed by atoms with Gasteiger partial charge in [0.1, 0.15) is 6.04 Å². The third-order valence-corrected chi connectivity index (χ3v) is 4.85. The van der Waals surface area contributed by atoms with Crippen LogP contribution in [0.4, 0.5) is 17.1 Å². The van der Waals surface area contributed by atoms with E-state index in [9.17, 15) is 9.59 Å². The molecule has 0 radical (unpaired) electrons. The number of anilines is 3. The van der Waals surface area contributed by atoms with Crippen LogP contribution in [0.25, 0.3) is 0 Å². The molecule has 5 nitrogen and oxygen atoms in total. The molecule has 0 saturated carbocycles. The largest absolute Gasteiger partial charge is 0.374 e. The van der Waals surface area contributed by atoms with Gasteiger partial charge in [-0.25, -0.2) is 0 Å². The van der Waals surface area contributed by atoms with Crippen LogP contribution in [0.2, 0.25) is 0 Å². The Morgan fingerprint density at radius 1 is 1.07 bits per heavy atom. The fraction of sp³-hybridized carbons (Fsp3) is 0.364. The van der Waals surface area contributed by atoms with Crippen LogP contribution in [0, 0.1) is 0 Å². The molecule has 2 aromatic rings. The van der Waals surface area contributed by atoms with E-state index < -0.39 is 6.04 Å². The Labute approximate surface area is 160 Å². The van der Waals surface area contributed by atoms with Crippen molar-refractivity contribution < 1.29 is 9.59 Å². The second-order valence-electron chi connectivity index (χ2n) is 7.30. The van der Waals surface area contributed by atoms with Gasteiger partial charge < -0.3 is 15.5 Å². The maximum absolute atomic E-state index is 12.6. The van der Waals surface area contributed by atoms with E-state index in [2.05, 4.69) is 24.5 Å². The van der Waals surface area contributed by atoms with Gasteiger partial charge in [0.25, 0.3) is 0 Å². The molecule has 5 heteroatoms. The van der Waals surface area contributed by atoms with E-state index >= 15 is 0 Å². The van der Waals surface area contributed by atoms with Crippen molar-refractivity contribution in [3.63, 3.8) is 0 Å². The van der Waals surface area contributed by atoms with E-state index in [0.717, 1.165) is 35.6 Å². The maximum atomic E-state index is 12.6. The molecule has 2 N–H and O–H groups in total. The summed E-state index contributed by atoms with van der Waals surface area (Å²) < 4.78 is 0. The van der Waals surface area contributed by atoms with Gasteiger partial charge in [-0.1, -0.05) is 38.1 Å². The Morgan fingerprint density at radius 2 is 1.85 bits per heavy atom. The first-order valence-corrected chi connectivity index (χ1v) is 9.52. The zero-order valence-corrected chi connectivity index (χ0v) is 16.2. The number of amides is 2. The van der Waals surface area contributed by atoms with Gasteiger partial charge in [0, 0.05) is 30.0 Å². The van der Waals surface area contributed by atoms with Gasteiger partial charge in [-0.3, -0.25) is 9.59 Å². The van der Waals surface area contributed by atoms with E-state index in [1.54, 1.807) is 4.90 Å². The Kier molecular flexibility index (Phi) is 5.79. The number of para-hydroxylation sites is 1. The Bertz CT molecular complexity index is 832. The summed E-state index contributed by atoms with van der Waals surface area (Å²) in [6.45, 7) is 6.81. The van der Waals surface area contributed by atoms with Crippen molar-refractivity contribution >= 4 is 28.9 Å². The van der Waals surface area contributed by atoms with E-state index in [1.165, 1.54) is 0 Å². The van der Waals surface area contributed by atoms with Gasteiger partial charge in [0.15, 0.2) is 0 Å². The van der Waals surface area contributed by atoms with E-state index in [0.29, 0.717) is 12.3 Å². The lowest BCUT2D eigenvalue weighted by atomic mass is 10.0. The SMILES string of the molecule is CC(Nc1cccc(N2CCCC2=O)c1)C(=O)Nc1ccccc1C(C)C. The molecule has 0 aliphatic carbocycles. The van der Waals surface area contributed by atoms with Gasteiger partial charge in [-0.05, 0) is 49.1 Å². The van der Waals surface area contributed by atoms with Gasteiger partial charge in [0.2, 0.25) is 11.8 Å². The second kappa shape index (κ2) is 8.25. The van der Waals surface area contributed by atoms with Crippen LogP contribution in [0.5, 0.6) is 0 Å².